The third-order valence-electron chi connectivity index (χ3n) is 2.34. The van der Waals surface area contributed by atoms with Gasteiger partial charge in [0.2, 0.25) is 0 Å². The molecule has 0 spiro atoms. The maximum atomic E-state index is 8.71. The highest BCUT2D eigenvalue weighted by Gasteiger charge is 1.98. The third kappa shape index (κ3) is 3.10. The van der Waals surface area contributed by atoms with E-state index in [9.17, 15) is 0 Å². The van der Waals surface area contributed by atoms with Crippen molar-refractivity contribution >= 4 is 5.69 Å². The number of nitriles is 1. The van der Waals surface area contributed by atoms with Gasteiger partial charge in [-0.1, -0.05) is 26.3 Å². The van der Waals surface area contributed by atoms with Gasteiger partial charge in [-0.3, -0.25) is 0 Å². The Balaban J connectivity index is 2.55. The van der Waals surface area contributed by atoms with Crippen LogP contribution in [0.5, 0.6) is 0 Å². The van der Waals surface area contributed by atoms with Crippen molar-refractivity contribution in [2.24, 2.45) is 5.92 Å². The van der Waals surface area contributed by atoms with E-state index in [-0.39, 0.29) is 0 Å². The van der Waals surface area contributed by atoms with Crippen molar-refractivity contribution in [1.29, 1.82) is 5.26 Å². The molecule has 2 nitrogen and oxygen atoms in total. The molecule has 0 fully saturated rings. The second-order valence-electron chi connectivity index (χ2n) is 3.59. The largest absolute Gasteiger partial charge is 0.385 e. The van der Waals surface area contributed by atoms with Crippen LogP contribution in [-0.2, 0) is 0 Å². The van der Waals surface area contributed by atoms with Crippen LogP contribution in [0.25, 0.3) is 0 Å². The van der Waals surface area contributed by atoms with Gasteiger partial charge in [0, 0.05) is 12.2 Å². The van der Waals surface area contributed by atoms with E-state index in [1.54, 1.807) is 0 Å². The van der Waals surface area contributed by atoms with E-state index in [4.69, 9.17) is 5.26 Å². The normalized spacial score (nSPS) is 11.8. The molecular formula is C12H16N2. The van der Waals surface area contributed by atoms with Crippen molar-refractivity contribution in [1.82, 2.24) is 0 Å². The molecule has 1 aromatic rings. The van der Waals surface area contributed by atoms with Gasteiger partial charge in [0.25, 0.3) is 0 Å². The van der Waals surface area contributed by atoms with Crippen LogP contribution in [0.15, 0.2) is 24.3 Å². The highest BCUT2D eigenvalue weighted by molar-refractivity contribution is 5.49. The van der Waals surface area contributed by atoms with Crippen molar-refractivity contribution in [2.75, 3.05) is 11.9 Å². The topological polar surface area (TPSA) is 35.8 Å². The lowest BCUT2D eigenvalue weighted by Gasteiger charge is -2.11. The van der Waals surface area contributed by atoms with Crippen LogP contribution in [0.2, 0.25) is 0 Å². The number of anilines is 1. The number of hydrogen-bond acceptors (Lipinski definition) is 2. The SMILES string of the molecule is CC[C@H](C)CNc1cccc(C#N)c1. The first-order chi connectivity index (χ1) is 6.76. The molecule has 1 aromatic carbocycles. The average molecular weight is 188 g/mol. The molecule has 0 saturated heterocycles. The van der Waals surface area contributed by atoms with Crippen LogP contribution >= 0.6 is 0 Å². The van der Waals surface area contributed by atoms with Gasteiger partial charge < -0.3 is 5.32 Å². The Morgan fingerprint density at radius 1 is 1.50 bits per heavy atom. The second kappa shape index (κ2) is 5.29. The van der Waals surface area contributed by atoms with Gasteiger partial charge in [0.15, 0.2) is 0 Å². The molecule has 0 aliphatic rings. The highest BCUT2D eigenvalue weighted by atomic mass is 14.9. The molecule has 0 aliphatic carbocycles. The molecular weight excluding hydrogens is 172 g/mol. The van der Waals surface area contributed by atoms with Crippen LogP contribution < -0.4 is 5.32 Å². The molecule has 0 heterocycles. The molecule has 0 saturated carbocycles. The van der Waals surface area contributed by atoms with E-state index < -0.39 is 0 Å². The van der Waals surface area contributed by atoms with E-state index in [1.807, 2.05) is 24.3 Å². The van der Waals surface area contributed by atoms with Crippen LogP contribution in [0.1, 0.15) is 25.8 Å². The van der Waals surface area contributed by atoms with Crippen LogP contribution in [0, 0.1) is 17.2 Å². The van der Waals surface area contributed by atoms with Crippen molar-refractivity contribution < 1.29 is 0 Å². The minimum atomic E-state index is 0.667. The molecule has 74 valence electrons. The fourth-order valence-electron chi connectivity index (χ4n) is 1.14. The van der Waals surface area contributed by atoms with Gasteiger partial charge in [-0.2, -0.15) is 5.26 Å². The molecule has 0 aromatic heterocycles. The Labute approximate surface area is 85.6 Å². The Bertz CT molecular complexity index is 325. The zero-order valence-electron chi connectivity index (χ0n) is 8.75. The summed E-state index contributed by atoms with van der Waals surface area (Å²) in [5.41, 5.74) is 1.74. The van der Waals surface area contributed by atoms with Crippen molar-refractivity contribution in [3.8, 4) is 6.07 Å². The fraction of sp³-hybridized carbons (Fsp3) is 0.417. The second-order valence-corrected chi connectivity index (χ2v) is 3.59. The average Bonchev–Trinajstić information content (AvgIpc) is 2.26. The summed E-state index contributed by atoms with van der Waals surface area (Å²) in [5, 5.41) is 12.0. The van der Waals surface area contributed by atoms with Gasteiger partial charge in [-0.15, -0.1) is 0 Å². The standard InChI is InChI=1S/C12H16N2/c1-3-10(2)9-14-12-6-4-5-11(7-12)8-13/h4-7,10,14H,3,9H2,1-2H3/t10-/m0/s1. The van der Waals surface area contributed by atoms with E-state index in [1.165, 1.54) is 6.42 Å². The Kier molecular flexibility index (Phi) is 4.00. The summed E-state index contributed by atoms with van der Waals surface area (Å²) in [7, 11) is 0. The summed E-state index contributed by atoms with van der Waals surface area (Å²) in [4.78, 5) is 0. The molecule has 14 heavy (non-hydrogen) atoms. The molecule has 2 heteroatoms. The molecule has 1 N–H and O–H groups in total. The molecule has 0 aliphatic heterocycles. The first kappa shape index (κ1) is 10.6. The van der Waals surface area contributed by atoms with Crippen LogP contribution in [-0.4, -0.2) is 6.54 Å². The molecule has 0 unspecified atom stereocenters. The first-order valence-electron chi connectivity index (χ1n) is 5.00. The quantitative estimate of drug-likeness (QED) is 0.788. The van der Waals surface area contributed by atoms with E-state index in [2.05, 4.69) is 25.2 Å². The van der Waals surface area contributed by atoms with E-state index >= 15 is 0 Å². The molecule has 0 amide bonds. The summed E-state index contributed by atoms with van der Waals surface area (Å²) in [6.45, 7) is 5.35. The van der Waals surface area contributed by atoms with E-state index in [0.717, 1.165) is 12.2 Å². The van der Waals surface area contributed by atoms with E-state index in [0.29, 0.717) is 11.5 Å². The zero-order valence-corrected chi connectivity index (χ0v) is 8.75. The molecule has 1 rings (SSSR count). The third-order valence-corrected chi connectivity index (χ3v) is 2.34. The lowest BCUT2D eigenvalue weighted by Crippen LogP contribution is -2.10. The smallest absolute Gasteiger partial charge is 0.0992 e. The molecule has 1 atom stereocenters. The fourth-order valence-corrected chi connectivity index (χ4v) is 1.14. The Morgan fingerprint density at radius 3 is 2.93 bits per heavy atom. The number of hydrogen-bond donors (Lipinski definition) is 1. The summed E-state index contributed by atoms with van der Waals surface area (Å²) in [6, 6.07) is 9.71. The predicted molar refractivity (Wildman–Crippen MR) is 59.1 cm³/mol. The number of benzene rings is 1. The van der Waals surface area contributed by atoms with Crippen LogP contribution in [0.4, 0.5) is 5.69 Å². The van der Waals surface area contributed by atoms with Crippen molar-refractivity contribution in [3.05, 3.63) is 29.8 Å². The van der Waals surface area contributed by atoms with Gasteiger partial charge in [0.1, 0.15) is 0 Å². The summed E-state index contributed by atoms with van der Waals surface area (Å²) < 4.78 is 0. The van der Waals surface area contributed by atoms with Gasteiger partial charge in [0.05, 0.1) is 11.6 Å². The predicted octanol–water partition coefficient (Wildman–Crippen LogP) is 3.02. The summed E-state index contributed by atoms with van der Waals surface area (Å²) >= 11 is 0. The minimum Gasteiger partial charge on any atom is -0.385 e. The summed E-state index contributed by atoms with van der Waals surface area (Å²) in [5.74, 6) is 0.667. The van der Waals surface area contributed by atoms with Gasteiger partial charge in [-0.05, 0) is 24.1 Å². The van der Waals surface area contributed by atoms with Gasteiger partial charge in [-0.25, -0.2) is 0 Å². The maximum absolute atomic E-state index is 8.71. The Morgan fingerprint density at radius 2 is 2.29 bits per heavy atom. The van der Waals surface area contributed by atoms with Crippen molar-refractivity contribution in [3.63, 3.8) is 0 Å². The lowest BCUT2D eigenvalue weighted by molar-refractivity contribution is 0.593. The minimum absolute atomic E-state index is 0.667. The number of nitrogens with one attached hydrogen (secondary N) is 1. The summed E-state index contributed by atoms with van der Waals surface area (Å²) in [6.07, 6.45) is 1.17. The maximum Gasteiger partial charge on any atom is 0.0992 e. The van der Waals surface area contributed by atoms with Gasteiger partial charge >= 0.3 is 0 Å². The zero-order chi connectivity index (χ0) is 10.4. The monoisotopic (exact) mass is 188 g/mol. The number of rotatable bonds is 4. The van der Waals surface area contributed by atoms with Crippen molar-refractivity contribution in [2.45, 2.75) is 20.3 Å². The number of nitrogens with zero attached hydrogens (tertiary/aromatic N) is 1. The lowest BCUT2D eigenvalue weighted by atomic mass is 10.1. The molecule has 0 bridgehead atoms. The highest BCUT2D eigenvalue weighted by Crippen LogP contribution is 2.11. The first-order valence-corrected chi connectivity index (χ1v) is 5.00. The Hall–Kier alpha value is -1.49. The molecule has 0 radical (unpaired) electrons. The van der Waals surface area contributed by atoms with Crippen LogP contribution in [0.3, 0.4) is 0 Å².